The van der Waals surface area contributed by atoms with E-state index < -0.39 is 5.60 Å². The van der Waals surface area contributed by atoms with Crippen molar-refractivity contribution in [2.45, 2.75) is 45.6 Å². The normalized spacial score (nSPS) is 13.0. The second-order valence-corrected chi connectivity index (χ2v) is 5.31. The number of carbonyl (C=O) groups is 1. The van der Waals surface area contributed by atoms with E-state index in [1.54, 1.807) is 25.1 Å². The third-order valence-corrected chi connectivity index (χ3v) is 3.48. The van der Waals surface area contributed by atoms with Gasteiger partial charge in [0.05, 0.1) is 12.2 Å². The highest BCUT2D eigenvalue weighted by molar-refractivity contribution is 5.97. The molecule has 0 aliphatic rings. The zero-order chi connectivity index (χ0) is 16.6. The van der Waals surface area contributed by atoms with E-state index >= 15 is 0 Å². The molecule has 0 fully saturated rings. The summed E-state index contributed by atoms with van der Waals surface area (Å²) in [5.74, 6) is 0.313. The zero-order valence-electron chi connectivity index (χ0n) is 13.7. The lowest BCUT2D eigenvalue weighted by molar-refractivity contribution is -0.136. The van der Waals surface area contributed by atoms with Crippen LogP contribution in [0.25, 0.3) is 0 Å². The van der Waals surface area contributed by atoms with Gasteiger partial charge in [0.15, 0.2) is 0 Å². The van der Waals surface area contributed by atoms with Crippen LogP contribution < -0.4 is 10.1 Å². The lowest BCUT2D eigenvalue weighted by Gasteiger charge is -2.26. The summed E-state index contributed by atoms with van der Waals surface area (Å²) in [6.45, 7) is 6.31. The number of carbonyl (C=O) groups excluding carboxylic acids is 1. The summed E-state index contributed by atoms with van der Waals surface area (Å²) in [6.07, 6.45) is 2.33. The first-order valence-electron chi connectivity index (χ1n) is 7.54. The average Bonchev–Trinajstić information content (AvgIpc) is 2.53. The van der Waals surface area contributed by atoms with Crippen molar-refractivity contribution < 1.29 is 14.3 Å². The van der Waals surface area contributed by atoms with Crippen LogP contribution in [0, 0.1) is 11.3 Å². The van der Waals surface area contributed by atoms with Crippen LogP contribution in [0.5, 0.6) is 5.75 Å². The van der Waals surface area contributed by atoms with E-state index in [4.69, 9.17) is 9.47 Å². The Kier molecular flexibility index (Phi) is 6.87. The first kappa shape index (κ1) is 18.0. The van der Waals surface area contributed by atoms with Crippen molar-refractivity contribution in [1.29, 1.82) is 5.26 Å². The molecular formula is C17H24N2O3. The topological polar surface area (TPSA) is 71.3 Å². The molecule has 1 atom stereocenters. The van der Waals surface area contributed by atoms with Gasteiger partial charge in [0.2, 0.25) is 0 Å². The average molecular weight is 304 g/mol. The predicted molar refractivity (Wildman–Crippen MR) is 85.9 cm³/mol. The molecule has 5 nitrogen and oxygen atoms in total. The fraction of sp³-hybridized carbons (Fsp3) is 0.529. The molecule has 22 heavy (non-hydrogen) atoms. The highest BCUT2D eigenvalue weighted by Crippen LogP contribution is 2.24. The van der Waals surface area contributed by atoms with Crippen molar-refractivity contribution in [3.8, 4) is 11.8 Å². The Bertz CT molecular complexity index is 551. The monoisotopic (exact) mass is 304 g/mol. The summed E-state index contributed by atoms with van der Waals surface area (Å²) in [4.78, 5) is 12.4. The van der Waals surface area contributed by atoms with Crippen molar-refractivity contribution in [2.24, 2.45) is 0 Å². The van der Waals surface area contributed by atoms with Crippen LogP contribution in [0.3, 0.4) is 0 Å². The van der Waals surface area contributed by atoms with E-state index in [1.807, 2.05) is 13.8 Å². The van der Waals surface area contributed by atoms with E-state index in [0.29, 0.717) is 30.0 Å². The number of nitrogens with one attached hydrogen (secondary N) is 1. The Morgan fingerprint density at radius 3 is 2.64 bits per heavy atom. The molecule has 1 rings (SSSR count). The zero-order valence-corrected chi connectivity index (χ0v) is 13.7. The Balaban J connectivity index is 2.90. The maximum absolute atomic E-state index is 12.4. The second kappa shape index (κ2) is 8.40. The number of methoxy groups -OCH3 is 1. The quantitative estimate of drug-likeness (QED) is 0.798. The number of benzene rings is 1. The summed E-state index contributed by atoms with van der Waals surface area (Å²) in [5.41, 5.74) is 0.0875. The molecule has 0 saturated heterocycles. The van der Waals surface area contributed by atoms with Crippen LogP contribution in [0.1, 0.15) is 45.6 Å². The maximum Gasteiger partial charge on any atom is 0.256 e. The number of anilines is 1. The number of rotatable bonds is 8. The molecule has 0 aromatic heterocycles. The number of ether oxygens (including phenoxy) is 2. The van der Waals surface area contributed by atoms with Crippen LogP contribution in [0.2, 0.25) is 0 Å². The van der Waals surface area contributed by atoms with Gasteiger partial charge in [0.1, 0.15) is 17.4 Å². The molecule has 0 bridgehead atoms. The summed E-state index contributed by atoms with van der Waals surface area (Å²) in [6, 6.07) is 7.13. The highest BCUT2D eigenvalue weighted by Gasteiger charge is 2.32. The molecule has 0 spiro atoms. The summed E-state index contributed by atoms with van der Waals surface area (Å²) in [5, 5.41) is 12.0. The second-order valence-electron chi connectivity index (χ2n) is 5.31. The molecule has 0 aliphatic heterocycles. The summed E-state index contributed by atoms with van der Waals surface area (Å²) < 4.78 is 10.8. The third kappa shape index (κ3) is 4.47. The minimum Gasteiger partial charge on any atom is -0.492 e. The minimum absolute atomic E-state index is 0.219. The first-order chi connectivity index (χ1) is 10.5. The van der Waals surface area contributed by atoms with Gasteiger partial charge < -0.3 is 14.8 Å². The van der Waals surface area contributed by atoms with Crippen molar-refractivity contribution in [3.63, 3.8) is 0 Å². The molecule has 0 heterocycles. The van der Waals surface area contributed by atoms with Crippen molar-refractivity contribution in [1.82, 2.24) is 0 Å². The van der Waals surface area contributed by atoms with E-state index in [1.165, 1.54) is 7.11 Å². The number of hydrogen-bond donors (Lipinski definition) is 1. The van der Waals surface area contributed by atoms with Gasteiger partial charge in [0.25, 0.3) is 5.91 Å². The Labute approximate surface area is 132 Å². The molecule has 120 valence electrons. The Hall–Kier alpha value is -2.06. The molecule has 1 amide bonds. The SMILES string of the molecule is CCCOc1ccc(NC(=O)[C@@](C)(CCC)OC)cc1C#N. The van der Waals surface area contributed by atoms with Crippen molar-refractivity contribution >= 4 is 11.6 Å². The molecular weight excluding hydrogens is 280 g/mol. The fourth-order valence-corrected chi connectivity index (χ4v) is 2.08. The van der Waals surface area contributed by atoms with Gasteiger partial charge in [-0.1, -0.05) is 20.3 Å². The van der Waals surface area contributed by atoms with E-state index in [0.717, 1.165) is 12.8 Å². The number of nitriles is 1. The minimum atomic E-state index is -0.876. The van der Waals surface area contributed by atoms with Gasteiger partial charge in [-0.15, -0.1) is 0 Å². The summed E-state index contributed by atoms with van der Waals surface area (Å²) in [7, 11) is 1.53. The van der Waals surface area contributed by atoms with Crippen LogP contribution in [-0.4, -0.2) is 25.2 Å². The molecule has 0 unspecified atom stereocenters. The summed E-state index contributed by atoms with van der Waals surface area (Å²) >= 11 is 0. The largest absolute Gasteiger partial charge is 0.492 e. The lowest BCUT2D eigenvalue weighted by atomic mass is 9.99. The predicted octanol–water partition coefficient (Wildman–Crippen LogP) is 3.49. The maximum atomic E-state index is 12.4. The number of amides is 1. The molecule has 0 radical (unpaired) electrons. The fourth-order valence-electron chi connectivity index (χ4n) is 2.08. The van der Waals surface area contributed by atoms with E-state index in [2.05, 4.69) is 11.4 Å². The molecule has 5 heteroatoms. The standard InChI is InChI=1S/C17H24N2O3/c1-5-9-17(3,21-4)16(20)19-14-7-8-15(22-10-6-2)13(11-14)12-18/h7-8,11H,5-6,9-10H2,1-4H3,(H,19,20)/t17-/m1/s1. The van der Waals surface area contributed by atoms with Gasteiger partial charge in [-0.3, -0.25) is 4.79 Å². The van der Waals surface area contributed by atoms with E-state index in [9.17, 15) is 10.1 Å². The molecule has 0 saturated carbocycles. The number of hydrogen-bond acceptors (Lipinski definition) is 4. The van der Waals surface area contributed by atoms with Gasteiger partial charge in [-0.25, -0.2) is 0 Å². The smallest absolute Gasteiger partial charge is 0.256 e. The van der Waals surface area contributed by atoms with Crippen LogP contribution >= 0.6 is 0 Å². The van der Waals surface area contributed by atoms with Crippen molar-refractivity contribution in [3.05, 3.63) is 23.8 Å². The molecule has 1 aromatic carbocycles. The molecule has 1 aromatic rings. The Morgan fingerprint density at radius 2 is 2.09 bits per heavy atom. The van der Waals surface area contributed by atoms with Crippen molar-refractivity contribution in [2.75, 3.05) is 19.0 Å². The van der Waals surface area contributed by atoms with Crippen LogP contribution in [0.15, 0.2) is 18.2 Å². The number of nitrogens with zero attached hydrogens (tertiary/aromatic N) is 1. The van der Waals surface area contributed by atoms with Gasteiger partial charge in [0, 0.05) is 12.8 Å². The molecule has 1 N–H and O–H groups in total. The van der Waals surface area contributed by atoms with Crippen LogP contribution in [-0.2, 0) is 9.53 Å². The third-order valence-electron chi connectivity index (χ3n) is 3.48. The molecule has 0 aliphatic carbocycles. The Morgan fingerprint density at radius 1 is 1.36 bits per heavy atom. The highest BCUT2D eigenvalue weighted by atomic mass is 16.5. The lowest BCUT2D eigenvalue weighted by Crippen LogP contribution is -2.41. The van der Waals surface area contributed by atoms with Crippen LogP contribution in [0.4, 0.5) is 5.69 Å². The van der Waals surface area contributed by atoms with Gasteiger partial charge >= 0.3 is 0 Å². The first-order valence-corrected chi connectivity index (χ1v) is 7.54. The van der Waals surface area contributed by atoms with E-state index in [-0.39, 0.29) is 5.91 Å². The van der Waals surface area contributed by atoms with Gasteiger partial charge in [-0.05, 0) is 38.0 Å². The van der Waals surface area contributed by atoms with Gasteiger partial charge in [-0.2, -0.15) is 5.26 Å².